The Morgan fingerprint density at radius 2 is 0.944 bits per heavy atom. The zero-order valence-corrected chi connectivity index (χ0v) is 31.8. The fraction of sp³-hybridized carbons (Fsp3) is 0.132. The zero-order chi connectivity index (χ0) is 37.0. The maximum Gasteiger partial charge on any atom is 0.0546 e. The second-order valence-electron chi connectivity index (χ2n) is 16.2. The van der Waals surface area contributed by atoms with Gasteiger partial charge in [0.1, 0.15) is 0 Å². The van der Waals surface area contributed by atoms with Crippen molar-refractivity contribution in [2.75, 3.05) is 4.90 Å². The number of nitrogens with zero attached hydrogens (tertiary/aromatic N) is 1. The van der Waals surface area contributed by atoms with E-state index >= 15 is 0 Å². The third-order valence-electron chi connectivity index (χ3n) is 11.4. The van der Waals surface area contributed by atoms with Crippen molar-refractivity contribution < 1.29 is 0 Å². The molecule has 0 heterocycles. The lowest BCUT2D eigenvalue weighted by molar-refractivity contribution is 0.590. The summed E-state index contributed by atoms with van der Waals surface area (Å²) < 4.78 is 0. The van der Waals surface area contributed by atoms with E-state index in [1.807, 2.05) is 0 Å². The molecule has 0 N–H and O–H groups in total. The van der Waals surface area contributed by atoms with Crippen molar-refractivity contribution >= 4 is 27.8 Å². The third kappa shape index (κ3) is 5.72. The Kier molecular flexibility index (Phi) is 8.12. The molecule has 0 fully saturated rings. The Balaban J connectivity index is 1.31. The predicted octanol–water partition coefficient (Wildman–Crippen LogP) is 14.9. The first-order valence-electron chi connectivity index (χ1n) is 19.1. The van der Waals surface area contributed by atoms with Crippen molar-refractivity contribution in [3.63, 3.8) is 0 Å². The molecule has 0 spiro atoms. The van der Waals surface area contributed by atoms with Crippen LogP contribution in [-0.2, 0) is 10.8 Å². The van der Waals surface area contributed by atoms with Crippen LogP contribution in [0.15, 0.2) is 182 Å². The van der Waals surface area contributed by atoms with Gasteiger partial charge in [0.15, 0.2) is 0 Å². The minimum absolute atomic E-state index is 0.0655. The van der Waals surface area contributed by atoms with Gasteiger partial charge in [0.2, 0.25) is 0 Å². The lowest BCUT2D eigenvalue weighted by Gasteiger charge is -2.30. The minimum Gasteiger partial charge on any atom is -0.310 e. The summed E-state index contributed by atoms with van der Waals surface area (Å²) in [5.41, 5.74) is 17.4. The van der Waals surface area contributed by atoms with E-state index in [2.05, 4.69) is 222 Å². The third-order valence-corrected chi connectivity index (χ3v) is 11.4. The fourth-order valence-electron chi connectivity index (χ4n) is 8.54. The van der Waals surface area contributed by atoms with Crippen molar-refractivity contribution in [2.45, 2.75) is 45.4 Å². The van der Waals surface area contributed by atoms with Crippen LogP contribution in [0.4, 0.5) is 17.1 Å². The quantitative estimate of drug-likeness (QED) is 0.167. The molecule has 0 amide bonds. The van der Waals surface area contributed by atoms with Crippen molar-refractivity contribution in [1.29, 1.82) is 0 Å². The Bertz CT molecular complexity index is 2620. The van der Waals surface area contributed by atoms with Gasteiger partial charge in [0, 0.05) is 22.2 Å². The van der Waals surface area contributed by atoms with Crippen LogP contribution in [0, 0.1) is 0 Å². The zero-order valence-electron chi connectivity index (χ0n) is 31.8. The van der Waals surface area contributed by atoms with Crippen LogP contribution < -0.4 is 4.90 Å². The van der Waals surface area contributed by atoms with E-state index in [9.17, 15) is 0 Å². The summed E-state index contributed by atoms with van der Waals surface area (Å²) in [7, 11) is 0. The van der Waals surface area contributed by atoms with Gasteiger partial charge in [-0.25, -0.2) is 0 Å². The van der Waals surface area contributed by atoms with Gasteiger partial charge in [-0.3, -0.25) is 0 Å². The number of fused-ring (bicyclic) bond motifs is 4. The predicted molar refractivity (Wildman–Crippen MR) is 231 cm³/mol. The molecule has 0 aliphatic heterocycles. The molecule has 0 unspecified atom stereocenters. The first-order chi connectivity index (χ1) is 26.2. The van der Waals surface area contributed by atoms with E-state index in [1.54, 1.807) is 0 Å². The van der Waals surface area contributed by atoms with E-state index < -0.39 is 0 Å². The number of hydrogen-bond acceptors (Lipinski definition) is 1. The number of hydrogen-bond donors (Lipinski definition) is 0. The monoisotopic (exact) mass is 695 g/mol. The molecular weight excluding hydrogens is 651 g/mol. The van der Waals surface area contributed by atoms with Crippen LogP contribution in [0.2, 0.25) is 0 Å². The summed E-state index contributed by atoms with van der Waals surface area (Å²) in [5, 5.41) is 2.44. The van der Waals surface area contributed by atoms with E-state index in [0.29, 0.717) is 0 Å². The van der Waals surface area contributed by atoms with Crippen molar-refractivity contribution in [3.05, 3.63) is 199 Å². The standard InChI is InChI=1S/C53H45N/c1-52(2,3)40-28-24-39(25-29-40)51-45-22-13-12-21-44(45)50(35-46(51)38-18-10-7-11-19-38)54(41-30-26-37(27-31-41)36-16-8-6-9-17-36)42-32-33-49-47(34-42)43-20-14-15-23-48(43)53(49,4)5/h6-35H,1-5H3. The first kappa shape index (κ1) is 33.6. The van der Waals surface area contributed by atoms with Gasteiger partial charge in [-0.1, -0.05) is 186 Å². The lowest BCUT2D eigenvalue weighted by Crippen LogP contribution is -2.15. The summed E-state index contributed by atoms with van der Waals surface area (Å²) in [6.07, 6.45) is 0. The van der Waals surface area contributed by atoms with E-state index in [0.717, 1.165) is 17.1 Å². The van der Waals surface area contributed by atoms with Crippen LogP contribution in [-0.4, -0.2) is 0 Å². The van der Waals surface area contributed by atoms with Crippen molar-refractivity contribution in [1.82, 2.24) is 0 Å². The second-order valence-corrected chi connectivity index (χ2v) is 16.2. The molecule has 0 atom stereocenters. The van der Waals surface area contributed by atoms with Crippen LogP contribution in [0.1, 0.15) is 51.3 Å². The van der Waals surface area contributed by atoms with E-state index in [-0.39, 0.29) is 10.8 Å². The van der Waals surface area contributed by atoms with Crippen LogP contribution >= 0.6 is 0 Å². The smallest absolute Gasteiger partial charge is 0.0546 e. The summed E-state index contributed by atoms with van der Waals surface area (Å²) in [6, 6.07) is 67.3. The van der Waals surface area contributed by atoms with Gasteiger partial charge in [-0.15, -0.1) is 0 Å². The summed E-state index contributed by atoms with van der Waals surface area (Å²) >= 11 is 0. The first-order valence-corrected chi connectivity index (χ1v) is 19.1. The molecule has 262 valence electrons. The number of anilines is 3. The Labute approximate surface area is 320 Å². The van der Waals surface area contributed by atoms with Crippen LogP contribution in [0.25, 0.3) is 55.3 Å². The van der Waals surface area contributed by atoms with Crippen LogP contribution in [0.3, 0.4) is 0 Å². The number of benzene rings is 8. The van der Waals surface area contributed by atoms with Gasteiger partial charge in [0.05, 0.1) is 5.69 Å². The molecule has 1 aliphatic rings. The van der Waals surface area contributed by atoms with Crippen LogP contribution in [0.5, 0.6) is 0 Å². The molecule has 8 aromatic carbocycles. The molecule has 1 nitrogen and oxygen atoms in total. The molecule has 0 bridgehead atoms. The Morgan fingerprint density at radius 1 is 0.407 bits per heavy atom. The minimum atomic E-state index is -0.0655. The fourth-order valence-corrected chi connectivity index (χ4v) is 8.54. The maximum absolute atomic E-state index is 2.48. The van der Waals surface area contributed by atoms with Gasteiger partial charge in [-0.2, -0.15) is 0 Å². The molecule has 0 saturated heterocycles. The van der Waals surface area contributed by atoms with E-state index in [1.165, 1.54) is 72.0 Å². The summed E-state index contributed by atoms with van der Waals surface area (Å²) in [6.45, 7) is 11.5. The number of rotatable bonds is 6. The largest absolute Gasteiger partial charge is 0.310 e. The molecule has 0 saturated carbocycles. The molecule has 9 rings (SSSR count). The van der Waals surface area contributed by atoms with Gasteiger partial charge < -0.3 is 4.90 Å². The van der Waals surface area contributed by atoms with Gasteiger partial charge >= 0.3 is 0 Å². The highest BCUT2D eigenvalue weighted by molar-refractivity contribution is 6.12. The molecule has 0 radical (unpaired) electrons. The van der Waals surface area contributed by atoms with Gasteiger partial charge in [-0.05, 0) is 102 Å². The molecule has 8 aromatic rings. The lowest BCUT2D eigenvalue weighted by atomic mass is 9.82. The van der Waals surface area contributed by atoms with E-state index in [4.69, 9.17) is 0 Å². The average molecular weight is 696 g/mol. The summed E-state index contributed by atoms with van der Waals surface area (Å²) in [4.78, 5) is 2.48. The SMILES string of the molecule is CC(C)(C)c1ccc(-c2c(-c3ccccc3)cc(N(c3ccc(-c4ccccc4)cc3)c3ccc4c(c3)-c3ccccc3C4(C)C)c3ccccc23)cc1. The highest BCUT2D eigenvalue weighted by Gasteiger charge is 2.35. The Morgan fingerprint density at radius 3 is 1.63 bits per heavy atom. The molecule has 1 heteroatoms. The second kappa shape index (κ2) is 13.0. The highest BCUT2D eigenvalue weighted by Crippen LogP contribution is 2.52. The molecule has 1 aliphatic carbocycles. The average Bonchev–Trinajstić information content (AvgIpc) is 3.44. The molecule has 0 aromatic heterocycles. The topological polar surface area (TPSA) is 3.24 Å². The highest BCUT2D eigenvalue weighted by atomic mass is 15.1. The maximum atomic E-state index is 2.48. The van der Waals surface area contributed by atoms with Crippen molar-refractivity contribution in [3.8, 4) is 44.5 Å². The van der Waals surface area contributed by atoms with Crippen molar-refractivity contribution in [2.24, 2.45) is 0 Å². The normalized spacial score (nSPS) is 13.1. The Hall–Kier alpha value is -6.18. The molecular formula is C53H45N. The summed E-state index contributed by atoms with van der Waals surface area (Å²) in [5.74, 6) is 0. The molecule has 54 heavy (non-hydrogen) atoms. The van der Waals surface area contributed by atoms with Gasteiger partial charge in [0.25, 0.3) is 0 Å².